The summed E-state index contributed by atoms with van der Waals surface area (Å²) in [6.45, 7) is 2.63. The minimum atomic E-state index is -0.247. The van der Waals surface area contributed by atoms with Crippen molar-refractivity contribution in [3.8, 4) is 0 Å². The first kappa shape index (κ1) is 16.2. The van der Waals surface area contributed by atoms with Crippen LogP contribution in [0.15, 0.2) is 41.7 Å². The van der Waals surface area contributed by atoms with Gasteiger partial charge in [-0.05, 0) is 12.1 Å². The topological polar surface area (TPSA) is 89.2 Å². The van der Waals surface area contributed by atoms with E-state index in [1.807, 2.05) is 18.2 Å². The number of aryl methyl sites for hydroxylation is 1. The van der Waals surface area contributed by atoms with Crippen molar-refractivity contribution in [1.82, 2.24) is 29.2 Å². The standard InChI is InChI=1S/C17H19N7O2/c1-21-16-13(10-20-21)17(26)24(12-19-16)11-15(25)23-8-6-22(7-9-23)14-4-2-3-5-18-14/h2-5,10,12H,6-9,11H2,1H3. The van der Waals surface area contributed by atoms with E-state index in [2.05, 4.69) is 20.0 Å². The van der Waals surface area contributed by atoms with Crippen LogP contribution in [-0.2, 0) is 18.4 Å². The first-order valence-corrected chi connectivity index (χ1v) is 8.44. The summed E-state index contributed by atoms with van der Waals surface area (Å²) in [5, 5.41) is 4.46. The van der Waals surface area contributed by atoms with Crippen molar-refractivity contribution in [3.05, 3.63) is 47.3 Å². The quantitative estimate of drug-likeness (QED) is 0.652. The highest BCUT2D eigenvalue weighted by Gasteiger charge is 2.22. The van der Waals surface area contributed by atoms with Gasteiger partial charge in [-0.2, -0.15) is 5.10 Å². The third-order valence-corrected chi connectivity index (χ3v) is 4.63. The number of hydrogen-bond donors (Lipinski definition) is 0. The number of anilines is 1. The Morgan fingerprint density at radius 3 is 2.69 bits per heavy atom. The van der Waals surface area contributed by atoms with E-state index in [4.69, 9.17) is 0 Å². The van der Waals surface area contributed by atoms with E-state index in [1.165, 1.54) is 17.1 Å². The molecule has 0 spiro atoms. The molecule has 0 saturated carbocycles. The predicted octanol–water partition coefficient (Wildman–Crippen LogP) is -0.126. The van der Waals surface area contributed by atoms with Crippen molar-refractivity contribution in [3.63, 3.8) is 0 Å². The lowest BCUT2D eigenvalue weighted by atomic mass is 10.3. The van der Waals surface area contributed by atoms with Gasteiger partial charge in [-0.15, -0.1) is 0 Å². The zero-order valence-electron chi connectivity index (χ0n) is 14.4. The van der Waals surface area contributed by atoms with Gasteiger partial charge in [-0.3, -0.25) is 18.8 Å². The molecule has 1 aliphatic heterocycles. The van der Waals surface area contributed by atoms with E-state index in [-0.39, 0.29) is 18.0 Å². The number of nitrogens with zero attached hydrogens (tertiary/aromatic N) is 7. The molecule has 0 aliphatic carbocycles. The summed E-state index contributed by atoms with van der Waals surface area (Å²) in [6.07, 6.45) is 4.66. The second-order valence-corrected chi connectivity index (χ2v) is 6.24. The SMILES string of the molecule is Cn1ncc2c(=O)n(CC(=O)N3CCN(c4ccccn4)CC3)cnc21. The maximum absolute atomic E-state index is 12.6. The fourth-order valence-corrected chi connectivity index (χ4v) is 3.15. The normalized spacial score (nSPS) is 14.8. The molecule has 1 amide bonds. The third kappa shape index (κ3) is 2.92. The van der Waals surface area contributed by atoms with Gasteiger partial charge < -0.3 is 9.80 Å². The average molecular weight is 353 g/mol. The lowest BCUT2D eigenvalue weighted by Crippen LogP contribution is -2.50. The van der Waals surface area contributed by atoms with Crippen molar-refractivity contribution in [2.75, 3.05) is 31.1 Å². The molecule has 9 nitrogen and oxygen atoms in total. The summed E-state index contributed by atoms with van der Waals surface area (Å²) >= 11 is 0. The number of amides is 1. The number of hydrogen-bond acceptors (Lipinski definition) is 6. The monoisotopic (exact) mass is 353 g/mol. The molecule has 4 rings (SSSR count). The van der Waals surface area contributed by atoms with Gasteiger partial charge in [0.1, 0.15) is 24.1 Å². The minimum Gasteiger partial charge on any atom is -0.353 e. The zero-order chi connectivity index (χ0) is 18.1. The number of fused-ring (bicyclic) bond motifs is 1. The molecule has 0 N–H and O–H groups in total. The number of carbonyl (C=O) groups is 1. The van der Waals surface area contributed by atoms with E-state index in [0.29, 0.717) is 24.1 Å². The van der Waals surface area contributed by atoms with Gasteiger partial charge >= 0.3 is 0 Å². The van der Waals surface area contributed by atoms with E-state index in [0.717, 1.165) is 18.9 Å². The molecule has 9 heteroatoms. The van der Waals surface area contributed by atoms with Gasteiger partial charge in [0.05, 0.1) is 6.20 Å². The van der Waals surface area contributed by atoms with E-state index in [1.54, 1.807) is 22.8 Å². The van der Waals surface area contributed by atoms with Gasteiger partial charge in [0, 0.05) is 39.4 Å². The Balaban J connectivity index is 1.43. The molecular formula is C17H19N7O2. The van der Waals surface area contributed by atoms with E-state index >= 15 is 0 Å². The number of pyridine rings is 1. The van der Waals surface area contributed by atoms with Gasteiger partial charge in [-0.1, -0.05) is 6.07 Å². The largest absolute Gasteiger partial charge is 0.353 e. The fourth-order valence-electron chi connectivity index (χ4n) is 3.15. The van der Waals surface area contributed by atoms with E-state index < -0.39 is 0 Å². The van der Waals surface area contributed by atoms with Crippen LogP contribution in [0.2, 0.25) is 0 Å². The summed E-state index contributed by atoms with van der Waals surface area (Å²) < 4.78 is 2.89. The Morgan fingerprint density at radius 2 is 1.96 bits per heavy atom. The van der Waals surface area contributed by atoms with Crippen LogP contribution in [-0.4, -0.2) is 61.3 Å². The van der Waals surface area contributed by atoms with Crippen LogP contribution in [0.5, 0.6) is 0 Å². The van der Waals surface area contributed by atoms with Gasteiger partial charge in [-0.25, -0.2) is 9.97 Å². The summed E-state index contributed by atoms with van der Waals surface area (Å²) in [7, 11) is 1.73. The van der Waals surface area contributed by atoms with Crippen LogP contribution in [0.4, 0.5) is 5.82 Å². The molecule has 3 aromatic heterocycles. The molecule has 26 heavy (non-hydrogen) atoms. The maximum atomic E-state index is 12.6. The van der Waals surface area contributed by atoms with Crippen molar-refractivity contribution < 1.29 is 4.79 Å². The molecule has 134 valence electrons. The highest BCUT2D eigenvalue weighted by molar-refractivity contribution is 5.77. The summed E-state index contributed by atoms with van der Waals surface area (Å²) in [4.78, 5) is 37.6. The lowest BCUT2D eigenvalue weighted by molar-refractivity contribution is -0.132. The van der Waals surface area contributed by atoms with Crippen molar-refractivity contribution in [2.45, 2.75) is 6.54 Å². The van der Waals surface area contributed by atoms with Crippen LogP contribution in [0.3, 0.4) is 0 Å². The fraction of sp³-hybridized carbons (Fsp3) is 0.353. The van der Waals surface area contributed by atoms with Crippen LogP contribution < -0.4 is 10.5 Å². The molecule has 0 aromatic carbocycles. The smallest absolute Gasteiger partial charge is 0.264 e. The zero-order valence-corrected chi connectivity index (χ0v) is 14.4. The predicted molar refractivity (Wildman–Crippen MR) is 95.8 cm³/mol. The third-order valence-electron chi connectivity index (χ3n) is 4.63. The van der Waals surface area contributed by atoms with Gasteiger partial charge in [0.2, 0.25) is 5.91 Å². The molecule has 0 bridgehead atoms. The second-order valence-electron chi connectivity index (χ2n) is 6.24. The Bertz CT molecular complexity index is 987. The lowest BCUT2D eigenvalue weighted by Gasteiger charge is -2.35. The minimum absolute atomic E-state index is 0.0136. The molecule has 0 unspecified atom stereocenters. The maximum Gasteiger partial charge on any atom is 0.264 e. The summed E-state index contributed by atoms with van der Waals surface area (Å²) in [6, 6.07) is 5.80. The van der Waals surface area contributed by atoms with Crippen LogP contribution >= 0.6 is 0 Å². The first-order valence-electron chi connectivity index (χ1n) is 8.44. The van der Waals surface area contributed by atoms with Crippen LogP contribution in [0, 0.1) is 0 Å². The highest BCUT2D eigenvalue weighted by atomic mass is 16.2. The summed E-state index contributed by atoms with van der Waals surface area (Å²) in [5.74, 6) is 0.833. The second kappa shape index (κ2) is 6.58. The van der Waals surface area contributed by atoms with E-state index in [9.17, 15) is 9.59 Å². The number of aromatic nitrogens is 5. The van der Waals surface area contributed by atoms with Crippen molar-refractivity contribution in [2.24, 2.45) is 7.05 Å². The van der Waals surface area contributed by atoms with Crippen LogP contribution in [0.1, 0.15) is 0 Å². The Kier molecular flexibility index (Phi) is 4.11. The molecule has 1 aliphatic rings. The Morgan fingerprint density at radius 1 is 1.15 bits per heavy atom. The summed E-state index contributed by atoms with van der Waals surface area (Å²) in [5.41, 5.74) is 0.270. The molecule has 0 radical (unpaired) electrons. The first-order chi connectivity index (χ1) is 12.6. The molecule has 1 saturated heterocycles. The molecule has 4 heterocycles. The van der Waals surface area contributed by atoms with Crippen LogP contribution in [0.25, 0.3) is 11.0 Å². The molecule has 1 fully saturated rings. The number of carbonyl (C=O) groups excluding carboxylic acids is 1. The number of rotatable bonds is 3. The molecule has 0 atom stereocenters. The van der Waals surface area contributed by atoms with Gasteiger partial charge in [0.25, 0.3) is 5.56 Å². The van der Waals surface area contributed by atoms with Crippen molar-refractivity contribution >= 4 is 22.8 Å². The number of piperazine rings is 1. The molecule has 3 aromatic rings. The average Bonchev–Trinajstić information content (AvgIpc) is 3.06. The molecular weight excluding hydrogens is 334 g/mol. The van der Waals surface area contributed by atoms with Gasteiger partial charge in [0.15, 0.2) is 5.65 Å². The Hall–Kier alpha value is -3.23. The Labute approximate surface area is 149 Å². The van der Waals surface area contributed by atoms with Crippen molar-refractivity contribution in [1.29, 1.82) is 0 Å². The highest BCUT2D eigenvalue weighted by Crippen LogP contribution is 2.12.